The fourth-order valence-corrected chi connectivity index (χ4v) is 2.50. The van der Waals surface area contributed by atoms with Gasteiger partial charge < -0.3 is 4.74 Å². The third kappa shape index (κ3) is 2.76. The van der Waals surface area contributed by atoms with E-state index in [1.807, 2.05) is 30.3 Å². The molecule has 0 aliphatic heterocycles. The maximum atomic E-state index is 13.4. The van der Waals surface area contributed by atoms with E-state index in [1.165, 1.54) is 24.4 Å². The predicted octanol–water partition coefficient (Wildman–Crippen LogP) is 3.35. The molecule has 0 atom stereocenters. The minimum absolute atomic E-state index is 0.0150. The van der Waals surface area contributed by atoms with Gasteiger partial charge in [0.2, 0.25) is 0 Å². The van der Waals surface area contributed by atoms with Crippen molar-refractivity contribution in [3.05, 3.63) is 76.5 Å². The Bertz CT molecular complexity index is 1120. The number of benzene rings is 2. The lowest BCUT2D eigenvalue weighted by Crippen LogP contribution is -2.10. The van der Waals surface area contributed by atoms with Gasteiger partial charge in [0.15, 0.2) is 5.65 Å². The Hall–Kier alpha value is -3.48. The van der Waals surface area contributed by atoms with Crippen LogP contribution in [0.25, 0.3) is 16.7 Å². The van der Waals surface area contributed by atoms with Crippen LogP contribution in [0.3, 0.4) is 0 Å². The second-order valence-electron chi connectivity index (χ2n) is 5.51. The molecule has 0 unspecified atom stereocenters. The van der Waals surface area contributed by atoms with Gasteiger partial charge in [-0.15, -0.1) is 0 Å². The summed E-state index contributed by atoms with van der Waals surface area (Å²) in [6, 6.07) is 13.7. The number of aryl methyl sites for hydroxylation is 1. The molecule has 4 rings (SSSR count). The summed E-state index contributed by atoms with van der Waals surface area (Å²) in [6.07, 6.45) is 1.46. The van der Waals surface area contributed by atoms with Crippen molar-refractivity contribution in [3.8, 4) is 17.4 Å². The van der Waals surface area contributed by atoms with E-state index < -0.39 is 0 Å². The first-order chi connectivity index (χ1) is 12.1. The smallest absolute Gasteiger partial charge is 0.304 e. The molecule has 7 heteroatoms. The van der Waals surface area contributed by atoms with Crippen LogP contribution in [0.4, 0.5) is 4.39 Å². The normalized spacial score (nSPS) is 11.0. The number of H-pyrrole nitrogens is 1. The quantitative estimate of drug-likeness (QED) is 0.623. The molecule has 0 radical (unpaired) electrons. The highest BCUT2D eigenvalue weighted by Crippen LogP contribution is 2.22. The predicted molar refractivity (Wildman–Crippen MR) is 90.7 cm³/mol. The molecule has 2 aromatic heterocycles. The summed E-state index contributed by atoms with van der Waals surface area (Å²) in [5, 5.41) is 4.58. The monoisotopic (exact) mass is 336 g/mol. The Morgan fingerprint density at radius 2 is 1.96 bits per heavy atom. The maximum absolute atomic E-state index is 13.4. The van der Waals surface area contributed by atoms with Crippen LogP contribution in [0, 0.1) is 12.7 Å². The molecule has 0 saturated heterocycles. The van der Waals surface area contributed by atoms with Crippen molar-refractivity contribution in [1.82, 2.24) is 19.7 Å². The van der Waals surface area contributed by atoms with Gasteiger partial charge in [0.05, 0.1) is 11.9 Å². The topological polar surface area (TPSA) is 72.8 Å². The highest BCUT2D eigenvalue weighted by Gasteiger charge is 2.13. The zero-order valence-corrected chi connectivity index (χ0v) is 13.2. The molecule has 0 fully saturated rings. The van der Waals surface area contributed by atoms with E-state index in [-0.39, 0.29) is 17.4 Å². The highest BCUT2D eigenvalue weighted by atomic mass is 19.1. The number of ether oxygens (including phenoxy) is 1. The fraction of sp³-hybridized carbons (Fsp3) is 0.0556. The first kappa shape index (κ1) is 15.1. The molecule has 0 aliphatic carbocycles. The van der Waals surface area contributed by atoms with Crippen LogP contribution in [-0.2, 0) is 0 Å². The van der Waals surface area contributed by atoms with Gasteiger partial charge in [-0.2, -0.15) is 10.1 Å². The Morgan fingerprint density at radius 3 is 2.72 bits per heavy atom. The molecule has 124 valence electrons. The Balaban J connectivity index is 1.80. The van der Waals surface area contributed by atoms with Gasteiger partial charge in [0.25, 0.3) is 5.56 Å². The van der Waals surface area contributed by atoms with Crippen molar-refractivity contribution >= 4 is 11.0 Å². The number of nitrogens with zero attached hydrogens (tertiary/aromatic N) is 3. The van der Waals surface area contributed by atoms with Gasteiger partial charge in [-0.3, -0.25) is 9.78 Å². The molecule has 2 heterocycles. The van der Waals surface area contributed by atoms with Crippen LogP contribution in [0.1, 0.15) is 5.56 Å². The van der Waals surface area contributed by atoms with Crippen LogP contribution in [0.5, 0.6) is 11.8 Å². The van der Waals surface area contributed by atoms with E-state index in [9.17, 15) is 9.18 Å². The van der Waals surface area contributed by atoms with E-state index in [4.69, 9.17) is 4.74 Å². The van der Waals surface area contributed by atoms with Crippen molar-refractivity contribution in [2.24, 2.45) is 0 Å². The summed E-state index contributed by atoms with van der Waals surface area (Å²) in [5.74, 6) is 0.0542. The number of halogens is 1. The summed E-state index contributed by atoms with van der Waals surface area (Å²) in [4.78, 5) is 19.2. The van der Waals surface area contributed by atoms with Gasteiger partial charge in [-0.05, 0) is 42.8 Å². The molecule has 0 amide bonds. The fourth-order valence-electron chi connectivity index (χ4n) is 2.50. The third-order valence-corrected chi connectivity index (χ3v) is 3.76. The second kappa shape index (κ2) is 5.86. The first-order valence-electron chi connectivity index (χ1n) is 7.59. The average molecular weight is 336 g/mol. The van der Waals surface area contributed by atoms with Crippen molar-refractivity contribution < 1.29 is 9.13 Å². The van der Waals surface area contributed by atoms with E-state index >= 15 is 0 Å². The summed E-state index contributed by atoms with van der Waals surface area (Å²) < 4.78 is 20.5. The van der Waals surface area contributed by atoms with Gasteiger partial charge in [0.1, 0.15) is 17.0 Å². The largest absolute Gasteiger partial charge is 0.426 e. The number of nitrogens with one attached hydrogen (secondary N) is 1. The Morgan fingerprint density at radius 1 is 1.16 bits per heavy atom. The first-order valence-corrected chi connectivity index (χ1v) is 7.59. The summed E-state index contributed by atoms with van der Waals surface area (Å²) in [7, 11) is 0. The molecule has 6 nitrogen and oxygen atoms in total. The number of aromatic amines is 1. The molecule has 0 bridgehead atoms. The number of fused-ring (bicyclic) bond motifs is 1. The summed E-state index contributed by atoms with van der Waals surface area (Å²) in [6.45, 7) is 1.63. The van der Waals surface area contributed by atoms with E-state index in [1.54, 1.807) is 11.6 Å². The maximum Gasteiger partial charge on any atom is 0.304 e. The minimum atomic E-state index is -0.360. The Kier molecular flexibility index (Phi) is 3.53. The van der Waals surface area contributed by atoms with Crippen LogP contribution in [0.2, 0.25) is 0 Å². The third-order valence-electron chi connectivity index (χ3n) is 3.76. The molecular formula is C18H13FN4O2. The van der Waals surface area contributed by atoms with Crippen LogP contribution in [-0.4, -0.2) is 19.7 Å². The summed E-state index contributed by atoms with van der Waals surface area (Å²) in [5.41, 5.74) is 1.24. The molecular weight excluding hydrogens is 323 g/mol. The molecule has 25 heavy (non-hydrogen) atoms. The van der Waals surface area contributed by atoms with Crippen LogP contribution >= 0.6 is 0 Å². The molecule has 1 N–H and O–H groups in total. The van der Waals surface area contributed by atoms with Gasteiger partial charge >= 0.3 is 6.01 Å². The van der Waals surface area contributed by atoms with E-state index in [2.05, 4.69) is 15.1 Å². The average Bonchev–Trinajstić information content (AvgIpc) is 3.03. The number of rotatable bonds is 3. The lowest BCUT2D eigenvalue weighted by Gasteiger charge is -2.07. The summed E-state index contributed by atoms with van der Waals surface area (Å²) >= 11 is 0. The standard InChI is InChI=1S/C18H13FN4O2/c1-11-9-13(7-8-15(11)19)25-18-21-16-14(17(24)22-18)10-20-23(16)12-5-3-2-4-6-12/h2-10H,1H3,(H,21,22,24). The zero-order chi connectivity index (χ0) is 17.4. The Labute approximate surface area is 141 Å². The van der Waals surface area contributed by atoms with Crippen molar-refractivity contribution in [2.45, 2.75) is 6.92 Å². The second-order valence-corrected chi connectivity index (χ2v) is 5.51. The lowest BCUT2D eigenvalue weighted by atomic mass is 10.2. The molecule has 0 aliphatic rings. The SMILES string of the molecule is Cc1cc(Oc2nc3c(cnn3-c3ccccc3)c(=O)[nH]2)ccc1F. The number of hydrogen-bond donors (Lipinski definition) is 1. The van der Waals surface area contributed by atoms with Gasteiger partial charge in [-0.25, -0.2) is 9.07 Å². The highest BCUT2D eigenvalue weighted by molar-refractivity contribution is 5.75. The van der Waals surface area contributed by atoms with Crippen LogP contribution < -0.4 is 10.3 Å². The van der Waals surface area contributed by atoms with Crippen molar-refractivity contribution in [3.63, 3.8) is 0 Å². The molecule has 2 aromatic carbocycles. The van der Waals surface area contributed by atoms with E-state index in [0.29, 0.717) is 22.3 Å². The van der Waals surface area contributed by atoms with Crippen molar-refractivity contribution in [2.75, 3.05) is 0 Å². The van der Waals surface area contributed by atoms with Gasteiger partial charge in [0, 0.05) is 0 Å². The van der Waals surface area contributed by atoms with Gasteiger partial charge in [-0.1, -0.05) is 18.2 Å². The zero-order valence-electron chi connectivity index (χ0n) is 13.2. The molecule has 4 aromatic rings. The minimum Gasteiger partial charge on any atom is -0.426 e. The number of para-hydroxylation sites is 1. The number of aromatic nitrogens is 4. The van der Waals surface area contributed by atoms with E-state index in [0.717, 1.165) is 5.69 Å². The molecule has 0 spiro atoms. The molecule has 0 saturated carbocycles. The van der Waals surface area contributed by atoms with Crippen molar-refractivity contribution in [1.29, 1.82) is 0 Å². The lowest BCUT2D eigenvalue weighted by molar-refractivity contribution is 0.440. The number of hydrogen-bond acceptors (Lipinski definition) is 4. The van der Waals surface area contributed by atoms with Crippen LogP contribution in [0.15, 0.2) is 59.5 Å².